The molecule has 1 saturated carbocycles. The Kier molecular flexibility index (Phi) is 3.64. The van der Waals surface area contributed by atoms with E-state index >= 15 is 0 Å². The minimum absolute atomic E-state index is 0.0141. The predicted octanol–water partition coefficient (Wildman–Crippen LogP) is 2.57. The molecule has 4 heteroatoms. The average Bonchev–Trinajstić information content (AvgIpc) is 2.57. The lowest BCUT2D eigenvalue weighted by atomic mass is 9.80. The van der Waals surface area contributed by atoms with Crippen LogP contribution in [0.3, 0.4) is 0 Å². The highest BCUT2D eigenvalue weighted by Gasteiger charge is 2.26. The fourth-order valence-electron chi connectivity index (χ4n) is 2.45. The highest BCUT2D eigenvalue weighted by Crippen LogP contribution is 2.29. The van der Waals surface area contributed by atoms with E-state index in [2.05, 4.69) is 12.2 Å². The third-order valence-electron chi connectivity index (χ3n) is 3.87. The molecule has 0 aliphatic heterocycles. The second kappa shape index (κ2) is 5.04. The predicted molar refractivity (Wildman–Crippen MR) is 73.5 cm³/mol. The summed E-state index contributed by atoms with van der Waals surface area (Å²) in [6.45, 7) is 6.19. The Morgan fingerprint density at radius 1 is 1.44 bits per heavy atom. The Labute approximate surface area is 109 Å². The monoisotopic (exact) mass is 249 g/mol. The van der Waals surface area contributed by atoms with Gasteiger partial charge in [-0.3, -0.25) is 4.79 Å². The minimum Gasteiger partial charge on any atom is -0.397 e. The molecule has 2 rings (SSSR count). The number of carbonyl (C=O) groups is 1. The maximum absolute atomic E-state index is 12.3. The number of nitrogens with one attached hydrogen (secondary N) is 1. The van der Waals surface area contributed by atoms with Gasteiger partial charge >= 0.3 is 0 Å². The third kappa shape index (κ3) is 2.52. The second-order valence-electron chi connectivity index (χ2n) is 5.61. The van der Waals surface area contributed by atoms with Gasteiger partial charge in [0.2, 0.25) is 0 Å². The molecule has 0 radical (unpaired) electrons. The van der Waals surface area contributed by atoms with Crippen LogP contribution < -0.4 is 11.1 Å². The van der Waals surface area contributed by atoms with Crippen molar-refractivity contribution in [3.8, 4) is 0 Å². The Morgan fingerprint density at radius 3 is 2.61 bits per heavy atom. The summed E-state index contributed by atoms with van der Waals surface area (Å²) < 4.78 is 1.93. The first-order valence-corrected chi connectivity index (χ1v) is 6.77. The molecule has 0 saturated heterocycles. The molecule has 1 fully saturated rings. The lowest BCUT2D eigenvalue weighted by Gasteiger charge is -2.32. The van der Waals surface area contributed by atoms with Crippen LogP contribution in [-0.4, -0.2) is 16.5 Å². The van der Waals surface area contributed by atoms with Crippen LogP contribution in [0.1, 0.15) is 56.6 Å². The normalized spacial score (nSPS) is 17.6. The van der Waals surface area contributed by atoms with E-state index in [1.165, 1.54) is 19.3 Å². The first-order valence-electron chi connectivity index (χ1n) is 6.77. The number of hydrogen-bond donors (Lipinski definition) is 2. The van der Waals surface area contributed by atoms with E-state index in [9.17, 15) is 4.79 Å². The van der Waals surface area contributed by atoms with Crippen molar-refractivity contribution in [3.63, 3.8) is 0 Å². The van der Waals surface area contributed by atoms with Gasteiger partial charge in [-0.05, 0) is 45.6 Å². The molecule has 4 nitrogen and oxygen atoms in total. The number of rotatable bonds is 4. The van der Waals surface area contributed by atoms with Crippen LogP contribution in [0.15, 0.2) is 12.3 Å². The van der Waals surface area contributed by atoms with Gasteiger partial charge in [0.1, 0.15) is 5.69 Å². The fourth-order valence-corrected chi connectivity index (χ4v) is 2.45. The van der Waals surface area contributed by atoms with E-state index in [1.54, 1.807) is 6.07 Å². The van der Waals surface area contributed by atoms with Crippen molar-refractivity contribution >= 4 is 11.6 Å². The van der Waals surface area contributed by atoms with E-state index in [0.29, 0.717) is 17.3 Å². The number of anilines is 1. The molecule has 1 aromatic heterocycles. The molecule has 1 aliphatic rings. The minimum atomic E-state index is -0.0141. The van der Waals surface area contributed by atoms with Crippen molar-refractivity contribution in [2.75, 3.05) is 5.73 Å². The summed E-state index contributed by atoms with van der Waals surface area (Å²) in [5.74, 6) is 0.633. The van der Waals surface area contributed by atoms with Gasteiger partial charge in [0, 0.05) is 18.3 Å². The van der Waals surface area contributed by atoms with E-state index in [0.717, 1.165) is 0 Å². The summed E-state index contributed by atoms with van der Waals surface area (Å²) in [6.07, 6.45) is 5.58. The standard InChI is InChI=1S/C14H23N3O/c1-9(2)17-8-12(15)7-13(17)14(18)16-10(3)11-5-4-6-11/h7-11H,4-6,15H2,1-3H3,(H,16,18). The zero-order valence-electron chi connectivity index (χ0n) is 11.4. The van der Waals surface area contributed by atoms with Gasteiger partial charge in [0.05, 0.1) is 5.69 Å². The highest BCUT2D eigenvalue weighted by atomic mass is 16.2. The smallest absolute Gasteiger partial charge is 0.268 e. The first-order chi connectivity index (χ1) is 8.49. The lowest BCUT2D eigenvalue weighted by Crippen LogP contribution is -2.41. The molecular weight excluding hydrogens is 226 g/mol. The van der Waals surface area contributed by atoms with Gasteiger partial charge < -0.3 is 15.6 Å². The van der Waals surface area contributed by atoms with E-state index in [1.807, 2.05) is 24.6 Å². The Morgan fingerprint density at radius 2 is 2.11 bits per heavy atom. The Balaban J connectivity index is 2.08. The van der Waals surface area contributed by atoms with Gasteiger partial charge in [-0.1, -0.05) is 6.42 Å². The zero-order valence-corrected chi connectivity index (χ0v) is 11.4. The average molecular weight is 249 g/mol. The second-order valence-corrected chi connectivity index (χ2v) is 5.61. The van der Waals surface area contributed by atoms with Gasteiger partial charge in [0.25, 0.3) is 5.91 Å². The lowest BCUT2D eigenvalue weighted by molar-refractivity contribution is 0.0898. The Hall–Kier alpha value is -1.45. The molecule has 1 heterocycles. The summed E-state index contributed by atoms with van der Waals surface area (Å²) in [4.78, 5) is 12.3. The third-order valence-corrected chi connectivity index (χ3v) is 3.87. The molecule has 0 bridgehead atoms. The van der Waals surface area contributed by atoms with Gasteiger partial charge in [-0.2, -0.15) is 0 Å². The summed E-state index contributed by atoms with van der Waals surface area (Å²) in [5, 5.41) is 3.09. The quantitative estimate of drug-likeness (QED) is 0.861. The maximum atomic E-state index is 12.3. The Bertz CT molecular complexity index is 432. The van der Waals surface area contributed by atoms with Crippen molar-refractivity contribution < 1.29 is 4.79 Å². The van der Waals surface area contributed by atoms with Crippen molar-refractivity contribution in [1.29, 1.82) is 0 Å². The van der Waals surface area contributed by atoms with Crippen LogP contribution in [0.25, 0.3) is 0 Å². The topological polar surface area (TPSA) is 60.1 Å². The maximum Gasteiger partial charge on any atom is 0.268 e. The van der Waals surface area contributed by atoms with Crippen molar-refractivity contribution in [2.24, 2.45) is 5.92 Å². The highest BCUT2D eigenvalue weighted by molar-refractivity contribution is 5.94. The van der Waals surface area contributed by atoms with Gasteiger partial charge in [0.15, 0.2) is 0 Å². The van der Waals surface area contributed by atoms with Gasteiger partial charge in [-0.25, -0.2) is 0 Å². The number of nitrogens with two attached hydrogens (primary N) is 1. The molecule has 3 N–H and O–H groups in total. The van der Waals surface area contributed by atoms with Crippen LogP contribution >= 0.6 is 0 Å². The van der Waals surface area contributed by atoms with Crippen LogP contribution in [-0.2, 0) is 0 Å². The summed E-state index contributed by atoms with van der Waals surface area (Å²) in [6, 6.07) is 2.24. The number of nitrogens with zero attached hydrogens (tertiary/aromatic N) is 1. The molecule has 0 spiro atoms. The molecule has 1 atom stereocenters. The first kappa shape index (κ1) is 13.0. The summed E-state index contributed by atoms with van der Waals surface area (Å²) >= 11 is 0. The van der Waals surface area contributed by atoms with Gasteiger partial charge in [-0.15, -0.1) is 0 Å². The van der Waals surface area contributed by atoms with E-state index < -0.39 is 0 Å². The molecular formula is C14H23N3O. The number of nitrogen functional groups attached to an aromatic ring is 1. The number of aromatic nitrogens is 1. The summed E-state index contributed by atoms with van der Waals surface area (Å²) in [7, 11) is 0. The van der Waals surface area contributed by atoms with E-state index in [4.69, 9.17) is 5.73 Å². The molecule has 1 aromatic rings. The van der Waals surface area contributed by atoms with E-state index in [-0.39, 0.29) is 18.0 Å². The molecule has 1 aliphatic carbocycles. The number of carbonyl (C=O) groups excluding carboxylic acids is 1. The SMILES string of the molecule is CC(NC(=O)c1cc(N)cn1C(C)C)C1CCC1. The largest absolute Gasteiger partial charge is 0.397 e. The number of amides is 1. The molecule has 1 amide bonds. The van der Waals surface area contributed by atoms with Crippen molar-refractivity contribution in [1.82, 2.24) is 9.88 Å². The van der Waals surface area contributed by atoms with Crippen molar-refractivity contribution in [3.05, 3.63) is 18.0 Å². The summed E-state index contributed by atoms with van der Waals surface area (Å²) in [5.41, 5.74) is 7.09. The fraction of sp³-hybridized carbons (Fsp3) is 0.643. The van der Waals surface area contributed by atoms with Crippen molar-refractivity contribution in [2.45, 2.75) is 52.1 Å². The molecule has 18 heavy (non-hydrogen) atoms. The number of hydrogen-bond acceptors (Lipinski definition) is 2. The van der Waals surface area contributed by atoms with Crippen LogP contribution in [0.5, 0.6) is 0 Å². The van der Waals surface area contributed by atoms with Crippen LogP contribution in [0.4, 0.5) is 5.69 Å². The van der Waals surface area contributed by atoms with Crippen LogP contribution in [0, 0.1) is 5.92 Å². The zero-order chi connectivity index (χ0) is 13.3. The molecule has 1 unspecified atom stereocenters. The molecule has 100 valence electrons. The van der Waals surface area contributed by atoms with Crippen LogP contribution in [0.2, 0.25) is 0 Å². The molecule has 0 aromatic carbocycles.